The first-order chi connectivity index (χ1) is 39.0. The molecule has 0 aliphatic rings. The number of quaternary nitrogens is 1. The lowest BCUT2D eigenvalue weighted by Crippen LogP contribution is -2.37. The van der Waals surface area contributed by atoms with E-state index in [4.69, 9.17) is 18.5 Å². The highest BCUT2D eigenvalue weighted by molar-refractivity contribution is 7.47. The van der Waals surface area contributed by atoms with Gasteiger partial charge in [0.2, 0.25) is 0 Å². The van der Waals surface area contributed by atoms with E-state index >= 15 is 0 Å². The maximum absolute atomic E-state index is 12.8. The Balaban J connectivity index is 4.27. The molecule has 0 amide bonds. The highest BCUT2D eigenvalue weighted by atomic mass is 31.2. The van der Waals surface area contributed by atoms with Gasteiger partial charge in [0.1, 0.15) is 19.8 Å². The van der Waals surface area contributed by atoms with E-state index in [2.05, 4.69) is 184 Å². The summed E-state index contributed by atoms with van der Waals surface area (Å²) in [7, 11) is 1.43. The van der Waals surface area contributed by atoms with Gasteiger partial charge in [0, 0.05) is 12.8 Å². The van der Waals surface area contributed by atoms with E-state index < -0.39 is 32.5 Å². The number of hydrogen-bond acceptors (Lipinski definition) is 7. The molecule has 2 atom stereocenters. The molecule has 9 nitrogen and oxygen atoms in total. The molecule has 0 saturated heterocycles. The number of hydrogen-bond donors (Lipinski definition) is 1. The third-order valence-electron chi connectivity index (χ3n) is 12.2. The van der Waals surface area contributed by atoms with Crippen molar-refractivity contribution in [2.45, 2.75) is 213 Å². The van der Waals surface area contributed by atoms with E-state index in [9.17, 15) is 19.0 Å². The summed E-state index contributed by atoms with van der Waals surface area (Å²) < 4.78 is 34.6. The fraction of sp³-hybridized carbons (Fsp3) is 0.571. The highest BCUT2D eigenvalue weighted by Gasteiger charge is 2.27. The third kappa shape index (κ3) is 62.6. The molecule has 1 N–H and O–H groups in total. The number of likely N-dealkylation sites (N-methyl/N-ethyl adjacent to an activating group) is 1. The molecule has 0 aliphatic heterocycles. The van der Waals surface area contributed by atoms with Crippen molar-refractivity contribution in [1.82, 2.24) is 0 Å². The summed E-state index contributed by atoms with van der Waals surface area (Å²) in [5, 5.41) is 0. The van der Waals surface area contributed by atoms with Gasteiger partial charge in [-0.25, -0.2) is 4.57 Å². The maximum Gasteiger partial charge on any atom is 0.472 e. The first-order valence-corrected chi connectivity index (χ1v) is 32.4. The summed E-state index contributed by atoms with van der Waals surface area (Å²) in [6.07, 6.45) is 89.9. The van der Waals surface area contributed by atoms with Crippen LogP contribution in [0.25, 0.3) is 0 Å². The molecular formula is C70H113NO8P+. The lowest BCUT2D eigenvalue weighted by atomic mass is 10.1. The summed E-state index contributed by atoms with van der Waals surface area (Å²) in [5.74, 6) is -0.847. The summed E-state index contributed by atoms with van der Waals surface area (Å²) in [5.41, 5.74) is 0. The number of rotatable bonds is 54. The molecular weight excluding hydrogens is 1010 g/mol. The second-order valence-corrected chi connectivity index (χ2v) is 22.4. The fourth-order valence-electron chi connectivity index (χ4n) is 7.56. The molecule has 0 fully saturated rings. The first kappa shape index (κ1) is 75.4. The Morgan fingerprint density at radius 3 is 1.00 bits per heavy atom. The second-order valence-electron chi connectivity index (χ2n) is 21.0. The lowest BCUT2D eigenvalue weighted by Gasteiger charge is -2.24. The predicted octanol–water partition coefficient (Wildman–Crippen LogP) is 19.8. The van der Waals surface area contributed by atoms with Crippen LogP contribution >= 0.6 is 7.82 Å². The van der Waals surface area contributed by atoms with Crippen LogP contribution in [0.3, 0.4) is 0 Å². The molecule has 0 aromatic rings. The summed E-state index contributed by atoms with van der Waals surface area (Å²) in [6.45, 7) is 4.14. The standard InChI is InChI=1S/C70H112NO8P/c1-6-8-10-12-14-16-18-20-22-24-26-28-30-31-32-33-34-35-36-37-38-39-41-43-45-47-49-51-53-55-57-59-61-63-70(73)79-68(67-78-80(74,75)77-65-64-71(3,4)5)66-76-69(72)62-60-58-56-54-52-50-48-46-44-42-40-29-27-25-23-21-19-17-15-13-11-9-7-2/h8-11,14-17,20-23,26-29,31-32,34-35,37-38,41-44,47,49,68H,6-7,12-13,18-19,24-25,30,33,36,39-40,45-46,48,50-67H2,1-5H3/p+1/b10-8-,11-9-,16-14-,17-15-,22-20-,23-21-,28-26-,29-27-,32-31-,35-34-,38-37-,43-41-,44-42-,49-47-. The number of phosphoric ester groups is 1. The van der Waals surface area contributed by atoms with Crippen molar-refractivity contribution >= 4 is 19.8 Å². The SMILES string of the molecule is CC/C=C\C/C=C\C/C=C\C/C=C\C/C=C\C/C=C\C/C=C\C/C=C\C/C=C\CCCCCCCC(=O)OC(COC(=O)CCCCCCCCC/C=C\C/C=C\C/C=C\C/C=C\C/C=C\CC)COP(=O)(O)OCC[N+](C)(C)C. The van der Waals surface area contributed by atoms with Crippen molar-refractivity contribution in [3.63, 3.8) is 0 Å². The van der Waals surface area contributed by atoms with Crippen molar-refractivity contribution in [1.29, 1.82) is 0 Å². The maximum atomic E-state index is 12.8. The molecule has 0 heterocycles. The van der Waals surface area contributed by atoms with E-state index in [1.54, 1.807) is 0 Å². The van der Waals surface area contributed by atoms with E-state index in [0.29, 0.717) is 23.9 Å². The minimum absolute atomic E-state index is 0.0151. The van der Waals surface area contributed by atoms with Gasteiger partial charge in [-0.05, 0) is 128 Å². The van der Waals surface area contributed by atoms with E-state index in [1.165, 1.54) is 19.3 Å². The zero-order valence-electron chi connectivity index (χ0n) is 51.0. The Hall–Kier alpha value is -4.63. The smallest absolute Gasteiger partial charge is 0.462 e. The van der Waals surface area contributed by atoms with Gasteiger partial charge in [0.25, 0.3) is 0 Å². The molecule has 0 rings (SSSR count). The molecule has 80 heavy (non-hydrogen) atoms. The van der Waals surface area contributed by atoms with Crippen molar-refractivity contribution in [3.8, 4) is 0 Å². The normalized spacial score (nSPS) is 14.4. The van der Waals surface area contributed by atoms with Gasteiger partial charge in [-0.3, -0.25) is 18.6 Å². The molecule has 0 spiro atoms. The van der Waals surface area contributed by atoms with E-state index in [1.807, 2.05) is 21.1 Å². The Bertz CT molecular complexity index is 1950. The van der Waals surface area contributed by atoms with Gasteiger partial charge >= 0.3 is 19.8 Å². The summed E-state index contributed by atoms with van der Waals surface area (Å²) in [6, 6.07) is 0. The van der Waals surface area contributed by atoms with Crippen molar-refractivity contribution in [3.05, 3.63) is 170 Å². The van der Waals surface area contributed by atoms with Crippen molar-refractivity contribution in [2.75, 3.05) is 47.5 Å². The van der Waals surface area contributed by atoms with E-state index in [-0.39, 0.29) is 26.1 Å². The predicted molar refractivity (Wildman–Crippen MR) is 343 cm³/mol. The van der Waals surface area contributed by atoms with Gasteiger partial charge in [0.05, 0.1) is 27.7 Å². The molecule has 450 valence electrons. The number of esters is 2. The average Bonchev–Trinajstić information content (AvgIpc) is 3.42. The first-order valence-electron chi connectivity index (χ1n) is 30.9. The van der Waals surface area contributed by atoms with Crippen LogP contribution < -0.4 is 0 Å². The van der Waals surface area contributed by atoms with Crippen LogP contribution in [0, 0.1) is 0 Å². The number of carbonyl (C=O) groups is 2. The van der Waals surface area contributed by atoms with Crippen LogP contribution in [-0.2, 0) is 32.7 Å². The Morgan fingerprint density at radius 2 is 0.675 bits per heavy atom. The zero-order chi connectivity index (χ0) is 58.4. The summed E-state index contributed by atoms with van der Waals surface area (Å²) >= 11 is 0. The van der Waals surface area contributed by atoms with Crippen LogP contribution in [0.2, 0.25) is 0 Å². The minimum Gasteiger partial charge on any atom is -0.462 e. The van der Waals surface area contributed by atoms with Gasteiger partial charge in [-0.15, -0.1) is 0 Å². The topological polar surface area (TPSA) is 108 Å². The number of nitrogens with zero attached hydrogens (tertiary/aromatic N) is 1. The molecule has 10 heteroatoms. The van der Waals surface area contributed by atoms with Crippen LogP contribution in [0.5, 0.6) is 0 Å². The van der Waals surface area contributed by atoms with E-state index in [0.717, 1.165) is 148 Å². The Morgan fingerprint density at radius 1 is 0.388 bits per heavy atom. The largest absolute Gasteiger partial charge is 0.472 e. The van der Waals surface area contributed by atoms with Gasteiger partial charge in [0.15, 0.2) is 6.10 Å². The fourth-order valence-corrected chi connectivity index (χ4v) is 8.30. The Kier molecular flexibility index (Phi) is 55.6. The number of allylic oxidation sites excluding steroid dienone is 28. The lowest BCUT2D eigenvalue weighted by molar-refractivity contribution is -0.870. The monoisotopic (exact) mass is 1130 g/mol. The Labute approximate surface area is 489 Å². The quantitative estimate of drug-likeness (QED) is 0.0211. The minimum atomic E-state index is -4.41. The van der Waals surface area contributed by atoms with Crippen molar-refractivity contribution < 1.29 is 42.1 Å². The van der Waals surface area contributed by atoms with Gasteiger partial charge in [-0.1, -0.05) is 235 Å². The van der Waals surface area contributed by atoms with Gasteiger partial charge < -0.3 is 18.9 Å². The summed E-state index contributed by atoms with van der Waals surface area (Å²) in [4.78, 5) is 35.8. The van der Waals surface area contributed by atoms with Gasteiger partial charge in [-0.2, -0.15) is 0 Å². The molecule has 2 unspecified atom stereocenters. The number of phosphoric acid groups is 1. The van der Waals surface area contributed by atoms with Crippen LogP contribution in [0.1, 0.15) is 206 Å². The molecule has 0 radical (unpaired) electrons. The number of carbonyl (C=O) groups excluding carboxylic acids is 2. The second kappa shape index (κ2) is 59.0. The third-order valence-corrected chi connectivity index (χ3v) is 13.2. The van der Waals surface area contributed by atoms with Crippen molar-refractivity contribution in [2.24, 2.45) is 0 Å². The van der Waals surface area contributed by atoms with Crippen LogP contribution in [0.15, 0.2) is 170 Å². The highest BCUT2D eigenvalue weighted by Crippen LogP contribution is 2.43. The molecule has 0 aromatic heterocycles. The molecule has 0 saturated carbocycles. The average molecular weight is 1130 g/mol. The van der Waals surface area contributed by atoms with Crippen LogP contribution in [0.4, 0.5) is 0 Å². The number of unbranched alkanes of at least 4 members (excludes halogenated alkanes) is 12. The molecule has 0 aliphatic carbocycles. The van der Waals surface area contributed by atoms with Crippen LogP contribution in [-0.4, -0.2) is 74.9 Å². The molecule has 0 aromatic carbocycles. The molecule has 0 bridgehead atoms. The number of ether oxygens (including phenoxy) is 2. The zero-order valence-corrected chi connectivity index (χ0v) is 51.9.